The fourth-order valence-corrected chi connectivity index (χ4v) is 2.54. The molecule has 3 heteroatoms. The molecule has 0 aliphatic heterocycles. The van der Waals surface area contributed by atoms with Crippen LogP contribution in [0.15, 0.2) is 28.7 Å². The number of benzene rings is 1. The Morgan fingerprint density at radius 3 is 2.75 bits per heavy atom. The van der Waals surface area contributed by atoms with Gasteiger partial charge in [-0.2, -0.15) is 0 Å². The van der Waals surface area contributed by atoms with Crippen LogP contribution in [0.1, 0.15) is 46.5 Å². The highest BCUT2D eigenvalue weighted by Gasteiger charge is 2.16. The number of unbranched alkanes of at least 4 members (excludes halogenated alkanes) is 2. The Morgan fingerprint density at radius 1 is 1.25 bits per heavy atom. The van der Waals surface area contributed by atoms with Crippen LogP contribution in [0.5, 0.6) is 5.75 Å². The third-order valence-corrected chi connectivity index (χ3v) is 3.90. The maximum absolute atomic E-state index is 5.71. The Hall–Kier alpha value is -0.540. The number of hydrogen-bond donors (Lipinski definition) is 1. The number of hydrogen-bond acceptors (Lipinski definition) is 2. The Balaban J connectivity index is 2.12. The van der Waals surface area contributed by atoms with Crippen LogP contribution < -0.4 is 10.1 Å². The van der Waals surface area contributed by atoms with E-state index in [4.69, 9.17) is 4.74 Å². The normalized spacial score (nSPS) is 11.6. The quantitative estimate of drug-likeness (QED) is 0.603. The standard InChI is InChI=1S/C17H28BrNO/c1-4-5-6-10-17(2,3)14-19-11-12-20-16-9-7-8-15(18)13-16/h7-9,13,19H,4-6,10-12,14H2,1-3H3. The summed E-state index contributed by atoms with van der Waals surface area (Å²) in [6, 6.07) is 7.97. The smallest absolute Gasteiger partial charge is 0.120 e. The lowest BCUT2D eigenvalue weighted by atomic mass is 9.87. The van der Waals surface area contributed by atoms with Gasteiger partial charge in [-0.05, 0) is 30.0 Å². The Morgan fingerprint density at radius 2 is 2.05 bits per heavy atom. The predicted molar refractivity (Wildman–Crippen MR) is 90.4 cm³/mol. The molecule has 1 rings (SSSR count). The first-order chi connectivity index (χ1) is 9.53. The minimum atomic E-state index is 0.380. The molecule has 2 nitrogen and oxygen atoms in total. The van der Waals surface area contributed by atoms with Crippen molar-refractivity contribution < 1.29 is 4.74 Å². The Bertz CT molecular complexity index is 379. The highest BCUT2D eigenvalue weighted by Crippen LogP contribution is 2.22. The number of nitrogens with one attached hydrogen (secondary N) is 1. The largest absolute Gasteiger partial charge is 0.492 e. The SMILES string of the molecule is CCCCCC(C)(C)CNCCOc1cccc(Br)c1. The van der Waals surface area contributed by atoms with E-state index < -0.39 is 0 Å². The molecular formula is C17H28BrNO. The van der Waals surface area contributed by atoms with Crippen LogP contribution in [0.2, 0.25) is 0 Å². The van der Waals surface area contributed by atoms with E-state index in [1.54, 1.807) is 0 Å². The van der Waals surface area contributed by atoms with Gasteiger partial charge in [-0.1, -0.05) is 62.0 Å². The molecule has 0 aromatic heterocycles. The van der Waals surface area contributed by atoms with Gasteiger partial charge in [0.05, 0.1) is 0 Å². The summed E-state index contributed by atoms with van der Waals surface area (Å²) in [4.78, 5) is 0. The molecule has 0 spiro atoms. The summed E-state index contributed by atoms with van der Waals surface area (Å²) >= 11 is 3.45. The lowest BCUT2D eigenvalue weighted by Gasteiger charge is -2.25. The van der Waals surface area contributed by atoms with Gasteiger partial charge < -0.3 is 10.1 Å². The van der Waals surface area contributed by atoms with Gasteiger partial charge in [-0.15, -0.1) is 0 Å². The lowest BCUT2D eigenvalue weighted by Crippen LogP contribution is -2.32. The molecular weight excluding hydrogens is 314 g/mol. The van der Waals surface area contributed by atoms with Gasteiger partial charge >= 0.3 is 0 Å². The maximum atomic E-state index is 5.71. The summed E-state index contributed by atoms with van der Waals surface area (Å²) in [6.45, 7) is 9.59. The molecule has 0 atom stereocenters. The lowest BCUT2D eigenvalue weighted by molar-refractivity contribution is 0.273. The van der Waals surface area contributed by atoms with Crippen molar-refractivity contribution in [3.63, 3.8) is 0 Å². The van der Waals surface area contributed by atoms with Crippen LogP contribution in [-0.4, -0.2) is 19.7 Å². The van der Waals surface area contributed by atoms with E-state index in [1.165, 1.54) is 25.7 Å². The summed E-state index contributed by atoms with van der Waals surface area (Å²) in [7, 11) is 0. The first kappa shape index (κ1) is 17.5. The molecule has 0 bridgehead atoms. The molecule has 0 radical (unpaired) electrons. The highest BCUT2D eigenvalue weighted by molar-refractivity contribution is 9.10. The summed E-state index contributed by atoms with van der Waals surface area (Å²) in [5.74, 6) is 0.920. The van der Waals surface area contributed by atoms with Crippen LogP contribution in [0.3, 0.4) is 0 Å². The zero-order valence-electron chi connectivity index (χ0n) is 13.0. The summed E-state index contributed by atoms with van der Waals surface area (Å²) < 4.78 is 6.76. The average Bonchev–Trinajstić information content (AvgIpc) is 2.38. The molecule has 20 heavy (non-hydrogen) atoms. The van der Waals surface area contributed by atoms with E-state index in [9.17, 15) is 0 Å². The van der Waals surface area contributed by atoms with Crippen LogP contribution >= 0.6 is 15.9 Å². The van der Waals surface area contributed by atoms with Gasteiger partial charge in [0.15, 0.2) is 0 Å². The van der Waals surface area contributed by atoms with Crippen molar-refractivity contribution >= 4 is 15.9 Å². The summed E-state index contributed by atoms with van der Waals surface area (Å²) in [5, 5.41) is 3.50. The molecule has 0 saturated carbocycles. The molecule has 0 unspecified atom stereocenters. The second-order valence-corrected chi connectivity index (χ2v) is 7.02. The van der Waals surface area contributed by atoms with Crippen molar-refractivity contribution in [2.75, 3.05) is 19.7 Å². The third kappa shape index (κ3) is 7.91. The molecule has 1 aromatic carbocycles. The summed E-state index contributed by atoms with van der Waals surface area (Å²) in [5.41, 5.74) is 0.380. The van der Waals surface area contributed by atoms with Crippen LogP contribution in [0, 0.1) is 5.41 Å². The van der Waals surface area contributed by atoms with E-state index in [1.807, 2.05) is 24.3 Å². The fraction of sp³-hybridized carbons (Fsp3) is 0.647. The van der Waals surface area contributed by atoms with Crippen LogP contribution in [-0.2, 0) is 0 Å². The van der Waals surface area contributed by atoms with E-state index in [0.717, 1.165) is 23.3 Å². The number of ether oxygens (including phenoxy) is 1. The summed E-state index contributed by atoms with van der Waals surface area (Å²) in [6.07, 6.45) is 5.26. The number of halogens is 1. The zero-order chi connectivity index (χ0) is 14.8. The van der Waals surface area contributed by atoms with E-state index in [-0.39, 0.29) is 0 Å². The predicted octanol–water partition coefficient (Wildman–Crippen LogP) is 5.02. The van der Waals surface area contributed by atoms with Crippen molar-refractivity contribution in [2.45, 2.75) is 46.5 Å². The molecule has 0 aliphatic carbocycles. The average molecular weight is 342 g/mol. The number of rotatable bonds is 10. The van der Waals surface area contributed by atoms with Gasteiger partial charge in [0, 0.05) is 17.6 Å². The fourth-order valence-electron chi connectivity index (χ4n) is 2.17. The van der Waals surface area contributed by atoms with Crippen molar-refractivity contribution in [3.8, 4) is 5.75 Å². The molecule has 0 amide bonds. The van der Waals surface area contributed by atoms with Crippen LogP contribution in [0.4, 0.5) is 0 Å². The molecule has 0 aliphatic rings. The molecule has 1 aromatic rings. The molecule has 0 fully saturated rings. The highest BCUT2D eigenvalue weighted by atomic mass is 79.9. The van der Waals surface area contributed by atoms with Crippen molar-refractivity contribution in [1.82, 2.24) is 5.32 Å². The minimum absolute atomic E-state index is 0.380. The molecule has 0 heterocycles. The van der Waals surface area contributed by atoms with E-state index >= 15 is 0 Å². The first-order valence-corrected chi connectivity index (χ1v) is 8.42. The van der Waals surface area contributed by atoms with Gasteiger partial charge in [0.2, 0.25) is 0 Å². The molecule has 114 valence electrons. The minimum Gasteiger partial charge on any atom is -0.492 e. The van der Waals surface area contributed by atoms with Gasteiger partial charge in [-0.25, -0.2) is 0 Å². The van der Waals surface area contributed by atoms with Crippen LogP contribution in [0.25, 0.3) is 0 Å². The second kappa shape index (κ2) is 9.41. The Labute approximate surface area is 132 Å². The molecule has 0 saturated heterocycles. The van der Waals surface area contributed by atoms with Gasteiger partial charge in [-0.3, -0.25) is 0 Å². The maximum Gasteiger partial charge on any atom is 0.120 e. The van der Waals surface area contributed by atoms with Crippen molar-refractivity contribution in [1.29, 1.82) is 0 Å². The van der Waals surface area contributed by atoms with Gasteiger partial charge in [0.25, 0.3) is 0 Å². The van der Waals surface area contributed by atoms with E-state index in [0.29, 0.717) is 12.0 Å². The second-order valence-electron chi connectivity index (χ2n) is 6.10. The molecule has 1 N–H and O–H groups in total. The monoisotopic (exact) mass is 341 g/mol. The topological polar surface area (TPSA) is 21.3 Å². The van der Waals surface area contributed by atoms with Gasteiger partial charge in [0.1, 0.15) is 12.4 Å². The van der Waals surface area contributed by atoms with Crippen molar-refractivity contribution in [2.24, 2.45) is 5.41 Å². The Kier molecular flexibility index (Phi) is 8.24. The first-order valence-electron chi connectivity index (χ1n) is 7.62. The van der Waals surface area contributed by atoms with E-state index in [2.05, 4.69) is 42.0 Å². The third-order valence-electron chi connectivity index (χ3n) is 3.40. The zero-order valence-corrected chi connectivity index (χ0v) is 14.6. The van der Waals surface area contributed by atoms with Crippen molar-refractivity contribution in [3.05, 3.63) is 28.7 Å².